The summed E-state index contributed by atoms with van der Waals surface area (Å²) in [5, 5.41) is 1.16. The molecule has 0 saturated carbocycles. The predicted octanol–water partition coefficient (Wildman–Crippen LogP) is 4.58. The van der Waals surface area contributed by atoms with Crippen molar-refractivity contribution < 1.29 is 0 Å². The zero-order valence-electron chi connectivity index (χ0n) is 9.18. The molecule has 80 valence electrons. The lowest BCUT2D eigenvalue weighted by Gasteiger charge is -2.17. The first-order valence-electron chi connectivity index (χ1n) is 5.36. The molecule has 0 aromatic carbocycles. The van der Waals surface area contributed by atoms with E-state index in [0.29, 0.717) is 0 Å². The Morgan fingerprint density at radius 2 is 1.92 bits per heavy atom. The summed E-state index contributed by atoms with van der Waals surface area (Å²) in [4.78, 5) is 0. The Morgan fingerprint density at radius 1 is 1.23 bits per heavy atom. The largest absolute Gasteiger partial charge is 0.162 e. The van der Waals surface area contributed by atoms with Crippen molar-refractivity contribution in [1.29, 1.82) is 0 Å². The van der Waals surface area contributed by atoms with Crippen molar-refractivity contribution >= 4 is 27.7 Å². The van der Waals surface area contributed by atoms with Gasteiger partial charge in [-0.2, -0.15) is 11.8 Å². The highest BCUT2D eigenvalue weighted by Crippen LogP contribution is 2.20. The lowest BCUT2D eigenvalue weighted by molar-refractivity contribution is 0.474. The SMILES string of the molecule is CCCCCSCC(CBr)C(C)C. The molecule has 1 atom stereocenters. The van der Waals surface area contributed by atoms with Crippen LogP contribution in [-0.2, 0) is 0 Å². The number of thioether (sulfide) groups is 1. The Kier molecular flexibility index (Phi) is 9.99. The summed E-state index contributed by atoms with van der Waals surface area (Å²) in [5.41, 5.74) is 0. The minimum Gasteiger partial charge on any atom is -0.162 e. The van der Waals surface area contributed by atoms with Gasteiger partial charge in [-0.15, -0.1) is 0 Å². The molecule has 0 radical (unpaired) electrons. The predicted molar refractivity (Wildman–Crippen MR) is 69.0 cm³/mol. The molecule has 0 heterocycles. The number of hydrogen-bond donors (Lipinski definition) is 0. The van der Waals surface area contributed by atoms with E-state index in [9.17, 15) is 0 Å². The highest BCUT2D eigenvalue weighted by Gasteiger charge is 2.10. The molecule has 0 aliphatic carbocycles. The fraction of sp³-hybridized carbons (Fsp3) is 1.00. The summed E-state index contributed by atoms with van der Waals surface area (Å²) >= 11 is 5.71. The zero-order chi connectivity index (χ0) is 10.1. The molecule has 2 heteroatoms. The Labute approximate surface area is 96.4 Å². The molecule has 0 nitrogen and oxygen atoms in total. The fourth-order valence-corrected chi connectivity index (χ4v) is 3.76. The van der Waals surface area contributed by atoms with E-state index in [1.807, 2.05) is 0 Å². The molecule has 0 bridgehead atoms. The highest BCUT2D eigenvalue weighted by molar-refractivity contribution is 9.09. The topological polar surface area (TPSA) is 0 Å². The number of hydrogen-bond acceptors (Lipinski definition) is 1. The molecule has 13 heavy (non-hydrogen) atoms. The van der Waals surface area contributed by atoms with Gasteiger partial charge in [0, 0.05) is 5.33 Å². The van der Waals surface area contributed by atoms with E-state index in [1.54, 1.807) is 0 Å². The molecule has 0 aliphatic rings. The zero-order valence-corrected chi connectivity index (χ0v) is 11.6. The average molecular weight is 267 g/mol. The van der Waals surface area contributed by atoms with Crippen molar-refractivity contribution in [2.75, 3.05) is 16.8 Å². The van der Waals surface area contributed by atoms with Crippen molar-refractivity contribution in [2.24, 2.45) is 11.8 Å². The number of unbranched alkanes of at least 4 members (excludes halogenated alkanes) is 2. The maximum Gasteiger partial charge on any atom is 0.00699 e. The molecule has 0 spiro atoms. The summed E-state index contributed by atoms with van der Waals surface area (Å²) in [6.07, 6.45) is 4.13. The van der Waals surface area contributed by atoms with E-state index in [4.69, 9.17) is 0 Å². The van der Waals surface area contributed by atoms with Crippen molar-refractivity contribution in [2.45, 2.75) is 40.0 Å². The second kappa shape index (κ2) is 9.39. The van der Waals surface area contributed by atoms with Gasteiger partial charge in [0.15, 0.2) is 0 Å². The van der Waals surface area contributed by atoms with Crippen molar-refractivity contribution in [3.63, 3.8) is 0 Å². The second-order valence-corrected chi connectivity index (χ2v) is 5.74. The first-order valence-corrected chi connectivity index (χ1v) is 7.63. The van der Waals surface area contributed by atoms with E-state index in [0.717, 1.165) is 17.2 Å². The fourth-order valence-electron chi connectivity index (χ4n) is 1.10. The summed E-state index contributed by atoms with van der Waals surface area (Å²) in [6.45, 7) is 6.90. The van der Waals surface area contributed by atoms with Gasteiger partial charge >= 0.3 is 0 Å². The smallest absolute Gasteiger partial charge is 0.00699 e. The minimum atomic E-state index is 0.818. The molecule has 0 aromatic heterocycles. The van der Waals surface area contributed by atoms with Crippen LogP contribution in [0.5, 0.6) is 0 Å². The number of halogens is 1. The van der Waals surface area contributed by atoms with Gasteiger partial charge in [0.25, 0.3) is 0 Å². The van der Waals surface area contributed by atoms with Crippen molar-refractivity contribution in [1.82, 2.24) is 0 Å². The molecule has 0 amide bonds. The Bertz CT molecular complexity index is 104. The third kappa shape index (κ3) is 7.87. The van der Waals surface area contributed by atoms with Crippen LogP contribution in [0.25, 0.3) is 0 Å². The normalized spacial score (nSPS) is 13.6. The van der Waals surface area contributed by atoms with Gasteiger partial charge in [-0.05, 0) is 29.8 Å². The van der Waals surface area contributed by atoms with Gasteiger partial charge in [-0.1, -0.05) is 49.5 Å². The quantitative estimate of drug-likeness (QED) is 0.458. The van der Waals surface area contributed by atoms with Crippen LogP contribution >= 0.6 is 27.7 Å². The van der Waals surface area contributed by atoms with Gasteiger partial charge in [0.05, 0.1) is 0 Å². The van der Waals surface area contributed by atoms with Gasteiger partial charge in [-0.25, -0.2) is 0 Å². The summed E-state index contributed by atoms with van der Waals surface area (Å²) in [7, 11) is 0. The highest BCUT2D eigenvalue weighted by atomic mass is 79.9. The molecule has 0 N–H and O–H groups in total. The van der Waals surface area contributed by atoms with Crippen molar-refractivity contribution in [3.8, 4) is 0 Å². The summed E-state index contributed by atoms with van der Waals surface area (Å²) < 4.78 is 0. The van der Waals surface area contributed by atoms with Crippen LogP contribution in [0.4, 0.5) is 0 Å². The Balaban J connectivity index is 3.28. The molecule has 1 unspecified atom stereocenters. The lowest BCUT2D eigenvalue weighted by Crippen LogP contribution is -2.13. The van der Waals surface area contributed by atoms with E-state index < -0.39 is 0 Å². The minimum absolute atomic E-state index is 0.818. The van der Waals surface area contributed by atoms with E-state index in [1.165, 1.54) is 30.8 Å². The first-order chi connectivity index (χ1) is 6.22. The van der Waals surface area contributed by atoms with Gasteiger partial charge in [0.1, 0.15) is 0 Å². The molecule has 0 aliphatic heterocycles. The van der Waals surface area contributed by atoms with Crippen LogP contribution in [0.1, 0.15) is 40.0 Å². The molecular formula is C11H23BrS. The summed E-state index contributed by atoms with van der Waals surface area (Å²) in [6, 6.07) is 0. The van der Waals surface area contributed by atoms with Gasteiger partial charge in [0.2, 0.25) is 0 Å². The van der Waals surface area contributed by atoms with Gasteiger partial charge < -0.3 is 0 Å². The average Bonchev–Trinajstić information content (AvgIpc) is 2.10. The van der Waals surface area contributed by atoms with Crippen LogP contribution < -0.4 is 0 Å². The maximum absolute atomic E-state index is 3.59. The first kappa shape index (κ1) is 13.8. The molecule has 0 aromatic rings. The third-order valence-corrected chi connectivity index (χ3v) is 4.44. The molecule has 0 rings (SSSR count). The monoisotopic (exact) mass is 266 g/mol. The molecular weight excluding hydrogens is 244 g/mol. The van der Waals surface area contributed by atoms with Gasteiger partial charge in [-0.3, -0.25) is 0 Å². The molecule has 0 saturated heterocycles. The van der Waals surface area contributed by atoms with E-state index in [2.05, 4.69) is 48.5 Å². The molecule has 0 fully saturated rings. The standard InChI is InChI=1S/C11H23BrS/c1-4-5-6-7-13-9-11(8-12)10(2)3/h10-11H,4-9H2,1-3H3. The Hall–Kier alpha value is 0.830. The Morgan fingerprint density at radius 3 is 2.38 bits per heavy atom. The van der Waals surface area contributed by atoms with Crippen molar-refractivity contribution in [3.05, 3.63) is 0 Å². The number of rotatable bonds is 8. The van der Waals surface area contributed by atoms with E-state index in [-0.39, 0.29) is 0 Å². The maximum atomic E-state index is 3.59. The lowest BCUT2D eigenvalue weighted by atomic mass is 10.0. The number of alkyl halides is 1. The van der Waals surface area contributed by atoms with Crippen LogP contribution in [0.15, 0.2) is 0 Å². The van der Waals surface area contributed by atoms with E-state index >= 15 is 0 Å². The van der Waals surface area contributed by atoms with Crippen LogP contribution in [0.3, 0.4) is 0 Å². The second-order valence-electron chi connectivity index (χ2n) is 3.94. The van der Waals surface area contributed by atoms with Crippen LogP contribution in [0.2, 0.25) is 0 Å². The van der Waals surface area contributed by atoms with Crippen LogP contribution in [0, 0.1) is 11.8 Å². The summed E-state index contributed by atoms with van der Waals surface area (Å²) in [5.74, 6) is 4.35. The van der Waals surface area contributed by atoms with Crippen LogP contribution in [-0.4, -0.2) is 16.8 Å². The third-order valence-electron chi connectivity index (χ3n) is 2.37.